The van der Waals surface area contributed by atoms with Crippen LogP contribution in [0.3, 0.4) is 0 Å². The quantitative estimate of drug-likeness (QED) is 0.345. The lowest BCUT2D eigenvalue weighted by atomic mass is 9.63. The van der Waals surface area contributed by atoms with Gasteiger partial charge in [0.25, 0.3) is 0 Å². The SMILES string of the molecule is CC(C)(C)CC1CN(C(=O)Nc2ccc(C#N)cc2)C(c2cccc(Cl)c2F)C1(C#N)c1ccc(Cl)cc1F. The highest BCUT2D eigenvalue weighted by molar-refractivity contribution is 6.31. The van der Waals surface area contributed by atoms with Crippen molar-refractivity contribution in [3.8, 4) is 12.1 Å². The van der Waals surface area contributed by atoms with Gasteiger partial charge in [-0.2, -0.15) is 10.5 Å². The maximum Gasteiger partial charge on any atom is 0.322 e. The molecule has 9 heteroatoms. The summed E-state index contributed by atoms with van der Waals surface area (Å²) in [5, 5.41) is 22.7. The van der Waals surface area contributed by atoms with Crippen LogP contribution >= 0.6 is 23.2 Å². The maximum atomic E-state index is 15.7. The molecule has 4 rings (SSSR count). The van der Waals surface area contributed by atoms with Crippen LogP contribution in [-0.2, 0) is 5.41 Å². The van der Waals surface area contributed by atoms with Crippen LogP contribution in [0.5, 0.6) is 0 Å². The monoisotopic (exact) mass is 566 g/mol. The molecular formula is C30H26Cl2F2N4O. The van der Waals surface area contributed by atoms with E-state index < -0.39 is 35.0 Å². The van der Waals surface area contributed by atoms with Gasteiger partial charge in [-0.05, 0) is 54.3 Å². The fraction of sp³-hybridized carbons (Fsp3) is 0.300. The zero-order valence-corrected chi connectivity index (χ0v) is 23.1. The van der Waals surface area contributed by atoms with Crippen molar-refractivity contribution in [1.29, 1.82) is 10.5 Å². The van der Waals surface area contributed by atoms with Crippen molar-refractivity contribution in [3.05, 3.63) is 99.0 Å². The highest BCUT2D eigenvalue weighted by Crippen LogP contribution is 2.56. The Morgan fingerprint density at radius 2 is 1.79 bits per heavy atom. The van der Waals surface area contributed by atoms with Gasteiger partial charge in [-0.1, -0.05) is 62.2 Å². The minimum atomic E-state index is -1.67. The van der Waals surface area contributed by atoms with Gasteiger partial charge in [-0.15, -0.1) is 0 Å². The topological polar surface area (TPSA) is 79.9 Å². The zero-order valence-electron chi connectivity index (χ0n) is 21.6. The molecule has 0 radical (unpaired) electrons. The molecule has 1 aliphatic rings. The number of amides is 2. The lowest BCUT2D eigenvalue weighted by molar-refractivity contribution is 0.198. The molecule has 2 amide bonds. The first kappa shape index (κ1) is 28.4. The molecule has 0 aromatic heterocycles. The summed E-state index contributed by atoms with van der Waals surface area (Å²) in [5.41, 5.74) is -1.13. The second-order valence-electron chi connectivity index (χ2n) is 10.9. The first-order valence-electron chi connectivity index (χ1n) is 12.3. The molecule has 0 bridgehead atoms. The molecule has 1 N–H and O–H groups in total. The van der Waals surface area contributed by atoms with Crippen LogP contribution in [-0.4, -0.2) is 17.5 Å². The molecular weight excluding hydrogens is 541 g/mol. The number of benzene rings is 3. The Labute approximate surface area is 236 Å². The second kappa shape index (κ2) is 10.8. The Bertz CT molecular complexity index is 1490. The number of nitrogens with one attached hydrogen (secondary N) is 1. The Morgan fingerprint density at radius 3 is 2.38 bits per heavy atom. The van der Waals surface area contributed by atoms with Gasteiger partial charge in [-0.25, -0.2) is 13.6 Å². The molecule has 39 heavy (non-hydrogen) atoms. The number of carbonyl (C=O) groups excluding carboxylic acids is 1. The number of nitriles is 2. The third-order valence-electron chi connectivity index (χ3n) is 7.03. The number of hydrogen-bond acceptors (Lipinski definition) is 3. The molecule has 3 aromatic carbocycles. The zero-order chi connectivity index (χ0) is 28.5. The van der Waals surface area contributed by atoms with Gasteiger partial charge in [0, 0.05) is 34.3 Å². The molecule has 3 unspecified atom stereocenters. The summed E-state index contributed by atoms with van der Waals surface area (Å²) in [6.07, 6.45) is 0.432. The maximum absolute atomic E-state index is 15.7. The summed E-state index contributed by atoms with van der Waals surface area (Å²) in [4.78, 5) is 15.2. The van der Waals surface area contributed by atoms with Gasteiger partial charge in [0.1, 0.15) is 17.0 Å². The molecule has 200 valence electrons. The lowest BCUT2D eigenvalue weighted by Crippen LogP contribution is -2.42. The van der Waals surface area contributed by atoms with Gasteiger partial charge < -0.3 is 10.2 Å². The van der Waals surface area contributed by atoms with Crippen molar-refractivity contribution in [2.75, 3.05) is 11.9 Å². The summed E-state index contributed by atoms with van der Waals surface area (Å²) in [7, 11) is 0. The van der Waals surface area contributed by atoms with Gasteiger partial charge in [-0.3, -0.25) is 0 Å². The smallest absolute Gasteiger partial charge is 0.315 e. The molecule has 0 aliphatic carbocycles. The fourth-order valence-electron chi connectivity index (χ4n) is 5.49. The van der Waals surface area contributed by atoms with E-state index in [9.17, 15) is 10.1 Å². The van der Waals surface area contributed by atoms with Gasteiger partial charge >= 0.3 is 6.03 Å². The first-order valence-corrected chi connectivity index (χ1v) is 13.1. The van der Waals surface area contributed by atoms with Crippen molar-refractivity contribution < 1.29 is 13.6 Å². The summed E-state index contributed by atoms with van der Waals surface area (Å²) in [6.45, 7) is 6.01. The van der Waals surface area contributed by atoms with Crippen LogP contribution in [0.1, 0.15) is 49.9 Å². The largest absolute Gasteiger partial charge is 0.322 e. The number of carbonyl (C=O) groups is 1. The van der Waals surface area contributed by atoms with Crippen molar-refractivity contribution in [2.24, 2.45) is 11.3 Å². The first-order chi connectivity index (χ1) is 18.4. The van der Waals surface area contributed by atoms with Crippen LogP contribution in [0.25, 0.3) is 0 Å². The predicted octanol–water partition coefficient (Wildman–Crippen LogP) is 8.25. The number of halogens is 4. The number of hydrogen-bond donors (Lipinski definition) is 1. The number of rotatable bonds is 4. The van der Waals surface area contributed by atoms with Gasteiger partial charge in [0.2, 0.25) is 0 Å². The summed E-state index contributed by atoms with van der Waals surface area (Å²) in [5.74, 6) is -2.08. The average molecular weight is 567 g/mol. The standard InChI is InChI=1S/C30H26Cl2F2N4O/c1-29(2,3)14-19-16-38(28(39)37-21-10-7-18(15-35)8-11-21)27(22-5-4-6-24(32)26(22)34)30(19,17-36)23-12-9-20(31)13-25(23)33/h4-13,19,27H,14,16H2,1-3H3,(H,37,39). The van der Waals surface area contributed by atoms with E-state index in [4.69, 9.17) is 28.5 Å². The average Bonchev–Trinajstić information content (AvgIpc) is 3.19. The molecule has 1 fully saturated rings. The van der Waals surface area contributed by atoms with Crippen LogP contribution < -0.4 is 5.32 Å². The van der Waals surface area contributed by atoms with E-state index in [-0.39, 0.29) is 33.1 Å². The number of likely N-dealkylation sites (tertiary alicyclic amines) is 1. The van der Waals surface area contributed by atoms with Crippen LogP contribution in [0.15, 0.2) is 60.7 Å². The lowest BCUT2D eigenvalue weighted by Gasteiger charge is -2.38. The number of anilines is 1. The van der Waals surface area contributed by atoms with E-state index in [1.807, 2.05) is 26.8 Å². The summed E-state index contributed by atoms with van der Waals surface area (Å²) in [6, 6.07) is 17.2. The van der Waals surface area contributed by atoms with Crippen molar-refractivity contribution in [2.45, 2.75) is 38.6 Å². The Hall–Kier alpha value is -3.65. The van der Waals surface area contributed by atoms with Crippen LogP contribution in [0.4, 0.5) is 19.3 Å². The predicted molar refractivity (Wildman–Crippen MR) is 147 cm³/mol. The van der Waals surface area contributed by atoms with Crippen molar-refractivity contribution in [1.82, 2.24) is 4.90 Å². The third kappa shape index (κ3) is 5.43. The van der Waals surface area contributed by atoms with Gasteiger partial charge in [0.15, 0.2) is 0 Å². The Kier molecular flexibility index (Phi) is 7.89. The fourth-order valence-corrected chi connectivity index (χ4v) is 5.83. The third-order valence-corrected chi connectivity index (χ3v) is 7.55. The minimum Gasteiger partial charge on any atom is -0.315 e. The highest BCUT2D eigenvalue weighted by Gasteiger charge is 2.60. The highest BCUT2D eigenvalue weighted by atomic mass is 35.5. The molecule has 3 atom stereocenters. The second-order valence-corrected chi connectivity index (χ2v) is 11.7. The van der Waals surface area contributed by atoms with E-state index in [0.29, 0.717) is 17.7 Å². The Balaban J connectivity index is 1.94. The number of nitrogens with zero attached hydrogens (tertiary/aromatic N) is 3. The normalized spacial score (nSPS) is 20.8. The van der Waals surface area contributed by atoms with E-state index in [1.54, 1.807) is 24.3 Å². The summed E-state index contributed by atoms with van der Waals surface area (Å²) < 4.78 is 31.3. The molecule has 0 spiro atoms. The Morgan fingerprint density at radius 1 is 1.10 bits per heavy atom. The molecule has 0 saturated carbocycles. The van der Waals surface area contributed by atoms with Crippen LogP contribution in [0, 0.1) is 45.6 Å². The van der Waals surface area contributed by atoms with Crippen molar-refractivity contribution in [3.63, 3.8) is 0 Å². The molecule has 3 aromatic rings. The van der Waals surface area contributed by atoms with Crippen LogP contribution in [0.2, 0.25) is 10.0 Å². The van der Waals surface area contributed by atoms with E-state index in [2.05, 4.69) is 11.4 Å². The van der Waals surface area contributed by atoms with E-state index in [1.165, 1.54) is 35.2 Å². The molecule has 5 nitrogen and oxygen atoms in total. The molecule has 1 aliphatic heterocycles. The van der Waals surface area contributed by atoms with E-state index in [0.717, 1.165) is 6.07 Å². The summed E-state index contributed by atoms with van der Waals surface area (Å²) >= 11 is 12.2. The van der Waals surface area contributed by atoms with Crippen molar-refractivity contribution >= 4 is 34.9 Å². The van der Waals surface area contributed by atoms with E-state index >= 15 is 8.78 Å². The molecule has 1 heterocycles. The number of urea groups is 1. The molecule has 1 saturated heterocycles. The van der Waals surface area contributed by atoms with Gasteiger partial charge in [0.05, 0.1) is 28.8 Å². The minimum absolute atomic E-state index is 0.00443.